The number of benzene rings is 2. The first kappa shape index (κ1) is 53.5. The van der Waals surface area contributed by atoms with E-state index in [9.17, 15) is 9.59 Å². The van der Waals surface area contributed by atoms with Crippen LogP contribution in [0.4, 0.5) is 9.59 Å². The lowest BCUT2D eigenvalue weighted by Gasteiger charge is -2.35. The summed E-state index contributed by atoms with van der Waals surface area (Å²) < 4.78 is 71.2. The van der Waals surface area contributed by atoms with E-state index >= 15 is 0 Å². The summed E-state index contributed by atoms with van der Waals surface area (Å²) in [6.07, 6.45) is -2.39. The van der Waals surface area contributed by atoms with E-state index in [0.717, 1.165) is 0 Å². The van der Waals surface area contributed by atoms with Gasteiger partial charge in [0.05, 0.1) is 61.8 Å². The van der Waals surface area contributed by atoms with Crippen LogP contribution in [-0.2, 0) is 43.3 Å². The first-order valence-electron chi connectivity index (χ1n) is 18.5. The van der Waals surface area contributed by atoms with Crippen molar-refractivity contribution in [2.24, 2.45) is 0 Å². The van der Waals surface area contributed by atoms with Gasteiger partial charge in [-0.1, -0.05) is 27.0 Å². The van der Waals surface area contributed by atoms with Gasteiger partial charge in [-0.15, -0.1) is 0 Å². The van der Waals surface area contributed by atoms with E-state index in [4.69, 9.17) is 56.8 Å². The van der Waals surface area contributed by atoms with E-state index in [1.54, 1.807) is 55.4 Å². The first-order valence-corrected chi connectivity index (χ1v) is 23.2. The van der Waals surface area contributed by atoms with Gasteiger partial charge in [0.25, 0.3) is 0 Å². The van der Waals surface area contributed by atoms with Crippen molar-refractivity contribution < 1.29 is 66.4 Å². The van der Waals surface area contributed by atoms with Gasteiger partial charge in [0.15, 0.2) is 23.0 Å². The van der Waals surface area contributed by atoms with Crippen molar-refractivity contribution in [3.8, 4) is 23.0 Å². The van der Waals surface area contributed by atoms with Crippen molar-refractivity contribution in [1.82, 2.24) is 0 Å². The predicted molar refractivity (Wildman–Crippen MR) is 241 cm³/mol. The summed E-state index contributed by atoms with van der Waals surface area (Å²) in [6.45, 7) is 26.6. The van der Waals surface area contributed by atoms with Crippen molar-refractivity contribution >= 4 is 108 Å². The lowest BCUT2D eigenvalue weighted by atomic mass is 9.77. The average molecular weight is 1220 g/mol. The van der Waals surface area contributed by atoms with Crippen LogP contribution in [0.15, 0.2) is 51.5 Å². The molecule has 0 unspecified atom stereocenters. The largest absolute Gasteiger partial charge is 0.518 e. The highest BCUT2D eigenvalue weighted by Gasteiger charge is 2.46. The van der Waals surface area contributed by atoms with Crippen LogP contribution in [-0.4, -0.2) is 77.1 Å². The smallest absolute Gasteiger partial charge is 0.492 e. The van der Waals surface area contributed by atoms with E-state index in [2.05, 4.69) is 109 Å². The fourth-order valence-corrected chi connectivity index (χ4v) is 9.95. The quantitative estimate of drug-likeness (QED) is 0.0323. The monoisotopic (exact) mass is 1220 g/mol. The number of carbonyl (C=O) groups is 2. The molecule has 2 rings (SSSR count). The van der Waals surface area contributed by atoms with Gasteiger partial charge in [-0.3, -0.25) is 0 Å². The summed E-state index contributed by atoms with van der Waals surface area (Å²) in [5, 5.41) is 0. The zero-order chi connectivity index (χ0) is 44.9. The molecule has 2 aromatic rings. The zero-order valence-electron chi connectivity index (χ0n) is 34.6. The summed E-state index contributed by atoms with van der Waals surface area (Å²) in [4.78, 5) is 27.0. The molecule has 14 nitrogen and oxygen atoms in total. The average Bonchev–Trinajstić information content (AvgIpc) is 3.16. The van der Waals surface area contributed by atoms with Crippen LogP contribution < -0.4 is 18.9 Å². The lowest BCUT2D eigenvalue weighted by Crippen LogP contribution is -2.44. The van der Waals surface area contributed by atoms with Crippen molar-refractivity contribution in [2.75, 3.05) is 52.9 Å². The molecule has 0 N–H and O–H groups in total. The molecule has 0 spiro atoms. The second kappa shape index (κ2) is 24.3. The van der Waals surface area contributed by atoms with E-state index in [1.165, 1.54) is 0 Å². The predicted octanol–water partition coefficient (Wildman–Crippen LogP) is 13.0. The van der Waals surface area contributed by atoms with Gasteiger partial charge in [0.1, 0.15) is 20.4 Å². The van der Waals surface area contributed by atoms with Crippen LogP contribution in [0.5, 0.6) is 23.0 Å². The first-order chi connectivity index (χ1) is 27.8. The van der Waals surface area contributed by atoms with Gasteiger partial charge in [-0.05, 0) is 151 Å². The van der Waals surface area contributed by atoms with Crippen LogP contribution in [0.1, 0.15) is 80.4 Å². The molecule has 0 atom stereocenters. The highest BCUT2D eigenvalue weighted by Crippen LogP contribution is 2.58. The molecule has 2 aromatic carbocycles. The highest BCUT2D eigenvalue weighted by atomic mass is 79.9. The molecular formula is C39H50Br6O14. The van der Waals surface area contributed by atoms with Crippen LogP contribution >= 0.6 is 95.6 Å². The standard InChI is InChI=1S/C39H50Br6O14/c1-13-48-21(9)38(52-17-5,53-18-6)58-35(46)56-33-27(42)25(40)23(31(29(33)44)50-15-3)37(11,12)24-26(41)28(43)34(30(45)32(24)51-16-4)57-36(47)59-39(54-19-7,55-20-8)22(10)49-14-2/h9-10,13-20H2,1-8,11-12H3. The molecule has 0 radical (unpaired) electrons. The maximum atomic E-state index is 13.5. The molecule has 332 valence electrons. The molecule has 0 aromatic heterocycles. The van der Waals surface area contributed by atoms with Crippen LogP contribution in [0.2, 0.25) is 0 Å². The highest BCUT2D eigenvalue weighted by molar-refractivity contribution is 9.13. The molecule has 0 bridgehead atoms. The minimum Gasteiger partial charge on any atom is -0.492 e. The Labute approximate surface area is 396 Å². The molecule has 0 aliphatic rings. The summed E-state index contributed by atoms with van der Waals surface area (Å²) in [5.41, 5.74) is 0.147. The van der Waals surface area contributed by atoms with Gasteiger partial charge in [-0.25, -0.2) is 9.59 Å². The molecule has 0 amide bonds. The number of ether oxygens (including phenoxy) is 12. The number of rotatable bonds is 24. The van der Waals surface area contributed by atoms with Gasteiger partial charge >= 0.3 is 24.3 Å². The molecular weight excluding hydrogens is 1170 g/mol. The fourth-order valence-electron chi connectivity index (χ4n) is 5.57. The van der Waals surface area contributed by atoms with Gasteiger partial charge in [0.2, 0.25) is 0 Å². The molecule has 0 saturated heterocycles. The normalized spacial score (nSPS) is 11.8. The third-order valence-corrected chi connectivity index (χ3v) is 13.4. The second-order valence-corrected chi connectivity index (χ2v) is 16.7. The van der Waals surface area contributed by atoms with Crippen molar-refractivity contribution in [1.29, 1.82) is 0 Å². The number of carbonyl (C=O) groups excluding carboxylic acids is 2. The minimum absolute atomic E-state index is 0.00436. The van der Waals surface area contributed by atoms with Gasteiger partial charge in [-0.2, -0.15) is 0 Å². The van der Waals surface area contributed by atoms with Crippen molar-refractivity contribution in [3.05, 3.63) is 62.6 Å². The minimum atomic E-state index is -2.08. The fraction of sp³-hybridized carbons (Fsp3) is 0.538. The van der Waals surface area contributed by atoms with Crippen LogP contribution in [0.25, 0.3) is 0 Å². The summed E-state index contributed by atoms with van der Waals surface area (Å²) in [7, 11) is 0. The Bertz CT molecular complexity index is 1680. The number of hydrogen-bond acceptors (Lipinski definition) is 14. The summed E-state index contributed by atoms with van der Waals surface area (Å²) in [6, 6.07) is 0. The Kier molecular flexibility index (Phi) is 22.0. The summed E-state index contributed by atoms with van der Waals surface area (Å²) >= 11 is 22.0. The van der Waals surface area contributed by atoms with E-state index in [0.29, 0.717) is 40.5 Å². The molecule has 0 saturated carbocycles. The van der Waals surface area contributed by atoms with Crippen LogP contribution in [0, 0.1) is 0 Å². The summed E-state index contributed by atoms with van der Waals surface area (Å²) in [5.74, 6) is -3.71. The van der Waals surface area contributed by atoms with Gasteiger partial charge < -0.3 is 56.8 Å². The topological polar surface area (TPSA) is 145 Å². The van der Waals surface area contributed by atoms with Crippen LogP contribution in [0.3, 0.4) is 0 Å². The van der Waals surface area contributed by atoms with Crippen molar-refractivity contribution in [3.63, 3.8) is 0 Å². The molecule has 0 aliphatic carbocycles. The number of halogens is 6. The maximum absolute atomic E-state index is 13.5. The molecule has 0 heterocycles. The molecule has 0 fully saturated rings. The maximum Gasteiger partial charge on any atom is 0.518 e. The SMILES string of the molecule is C=C(OCC)C(OCC)(OCC)OC(=O)Oc1c(Br)c(Br)c(C(C)(C)c2c(Br)c(Br)c(OC(=O)OC(OCC)(OCC)C(=C)OCC)c(Br)c2OCC)c(OCC)c1Br. The molecule has 20 heteroatoms. The Hall–Kier alpha value is -1.62. The zero-order valence-corrected chi connectivity index (χ0v) is 44.1. The van der Waals surface area contributed by atoms with E-state index in [-0.39, 0.29) is 84.8 Å². The van der Waals surface area contributed by atoms with Crippen molar-refractivity contribution in [2.45, 2.75) is 86.6 Å². The Morgan fingerprint density at radius 1 is 0.458 bits per heavy atom. The van der Waals surface area contributed by atoms with E-state index in [1.807, 2.05) is 13.8 Å². The lowest BCUT2D eigenvalue weighted by molar-refractivity contribution is -0.347. The third-order valence-electron chi connectivity index (χ3n) is 7.77. The number of hydrogen-bond donors (Lipinski definition) is 0. The molecule has 0 aliphatic heterocycles. The Morgan fingerprint density at radius 2 is 0.763 bits per heavy atom. The molecule has 59 heavy (non-hydrogen) atoms. The second-order valence-electron chi connectivity index (χ2n) is 11.9. The Morgan fingerprint density at radius 3 is 1.02 bits per heavy atom. The third kappa shape index (κ3) is 12.3. The van der Waals surface area contributed by atoms with Gasteiger partial charge in [0, 0.05) is 25.5 Å². The van der Waals surface area contributed by atoms with E-state index < -0.39 is 29.7 Å². The Balaban J connectivity index is 2.82.